The van der Waals surface area contributed by atoms with E-state index in [-0.39, 0.29) is 36.8 Å². The van der Waals surface area contributed by atoms with Crippen molar-refractivity contribution in [3.05, 3.63) is 63.6 Å². The van der Waals surface area contributed by atoms with Crippen LogP contribution in [0.2, 0.25) is 0 Å². The lowest BCUT2D eigenvalue weighted by atomic mass is 10.1. The molecule has 0 aliphatic heterocycles. The smallest absolute Gasteiger partial charge is 0.273 e. The second kappa shape index (κ2) is 9.31. The fraction of sp³-hybridized carbons (Fsp3) is 0.278. The Morgan fingerprint density at radius 2 is 1.96 bits per heavy atom. The maximum absolute atomic E-state index is 12.1. The number of amides is 3. The third-order valence-corrected chi connectivity index (χ3v) is 3.91. The maximum Gasteiger partial charge on any atom is 0.273 e. The first-order valence-corrected chi connectivity index (χ1v) is 8.34. The van der Waals surface area contributed by atoms with Crippen LogP contribution in [0.5, 0.6) is 0 Å². The van der Waals surface area contributed by atoms with Crippen molar-refractivity contribution in [2.45, 2.75) is 13.5 Å². The van der Waals surface area contributed by atoms with E-state index in [0.717, 1.165) is 11.0 Å². The van der Waals surface area contributed by atoms with E-state index in [1.165, 1.54) is 25.4 Å². The first kappa shape index (κ1) is 20.6. The number of nitro benzene ring substituents is 1. The van der Waals surface area contributed by atoms with Crippen molar-refractivity contribution in [1.82, 2.24) is 15.5 Å². The van der Waals surface area contributed by atoms with Gasteiger partial charge in [-0.3, -0.25) is 24.5 Å². The lowest BCUT2D eigenvalue weighted by Gasteiger charge is -2.17. The molecule has 1 heterocycles. The predicted octanol–water partition coefficient (Wildman–Crippen LogP) is 1.00. The molecule has 0 fully saturated rings. The SMILES string of the molecule is Cc1ccc(C(=O)NCC(=O)N(C)CC(=O)NCc2ccco2)cc1[N+](=O)[O-]. The molecule has 10 nitrogen and oxygen atoms in total. The Balaban J connectivity index is 1.82. The zero-order valence-corrected chi connectivity index (χ0v) is 15.4. The highest BCUT2D eigenvalue weighted by Gasteiger charge is 2.17. The van der Waals surface area contributed by atoms with Gasteiger partial charge in [-0.05, 0) is 25.1 Å². The summed E-state index contributed by atoms with van der Waals surface area (Å²) in [4.78, 5) is 47.6. The van der Waals surface area contributed by atoms with E-state index in [0.29, 0.717) is 11.3 Å². The highest BCUT2D eigenvalue weighted by molar-refractivity contribution is 5.97. The molecule has 0 atom stereocenters. The number of likely N-dealkylation sites (N-methyl/N-ethyl adjacent to an activating group) is 1. The topological polar surface area (TPSA) is 135 Å². The van der Waals surface area contributed by atoms with Gasteiger partial charge >= 0.3 is 0 Å². The molecule has 0 unspecified atom stereocenters. The Morgan fingerprint density at radius 1 is 1.21 bits per heavy atom. The van der Waals surface area contributed by atoms with Crippen LogP contribution in [0.25, 0.3) is 0 Å². The van der Waals surface area contributed by atoms with Crippen molar-refractivity contribution >= 4 is 23.4 Å². The second-order valence-electron chi connectivity index (χ2n) is 6.05. The number of nitro groups is 1. The maximum atomic E-state index is 12.1. The number of benzene rings is 1. The molecule has 1 aromatic carbocycles. The van der Waals surface area contributed by atoms with Crippen molar-refractivity contribution in [2.24, 2.45) is 0 Å². The normalized spacial score (nSPS) is 10.2. The van der Waals surface area contributed by atoms with Crippen molar-refractivity contribution in [3.8, 4) is 0 Å². The zero-order chi connectivity index (χ0) is 20.7. The molecule has 3 amide bonds. The van der Waals surface area contributed by atoms with Gasteiger partial charge in [0.05, 0.1) is 30.8 Å². The molecule has 1 aromatic heterocycles. The van der Waals surface area contributed by atoms with Gasteiger partial charge in [0.1, 0.15) is 5.76 Å². The number of nitrogens with zero attached hydrogens (tertiary/aromatic N) is 2. The summed E-state index contributed by atoms with van der Waals surface area (Å²) in [6, 6.07) is 7.46. The highest BCUT2D eigenvalue weighted by atomic mass is 16.6. The Bertz CT molecular complexity index is 878. The van der Waals surface area contributed by atoms with Gasteiger partial charge in [-0.2, -0.15) is 0 Å². The largest absolute Gasteiger partial charge is 0.467 e. The average Bonchev–Trinajstić information content (AvgIpc) is 3.17. The van der Waals surface area contributed by atoms with Gasteiger partial charge in [-0.25, -0.2) is 0 Å². The molecule has 10 heteroatoms. The third-order valence-electron chi connectivity index (χ3n) is 3.91. The molecule has 0 aliphatic rings. The van der Waals surface area contributed by atoms with Gasteiger partial charge in [-0.1, -0.05) is 6.07 Å². The summed E-state index contributed by atoms with van der Waals surface area (Å²) in [6.07, 6.45) is 1.49. The van der Waals surface area contributed by atoms with E-state index in [4.69, 9.17) is 4.42 Å². The van der Waals surface area contributed by atoms with Crippen LogP contribution in [0.4, 0.5) is 5.69 Å². The molecule has 0 saturated heterocycles. The summed E-state index contributed by atoms with van der Waals surface area (Å²) < 4.78 is 5.09. The van der Waals surface area contributed by atoms with Crippen LogP contribution in [0, 0.1) is 17.0 Å². The first-order valence-electron chi connectivity index (χ1n) is 8.34. The van der Waals surface area contributed by atoms with Crippen LogP contribution in [0.1, 0.15) is 21.7 Å². The minimum absolute atomic E-state index is 0.0731. The molecule has 2 rings (SSSR count). The van der Waals surface area contributed by atoms with Crippen molar-refractivity contribution in [3.63, 3.8) is 0 Å². The van der Waals surface area contributed by atoms with Crippen LogP contribution >= 0.6 is 0 Å². The Kier molecular flexibility index (Phi) is 6.85. The van der Waals surface area contributed by atoms with Crippen LogP contribution < -0.4 is 10.6 Å². The average molecular weight is 388 g/mol. The molecular formula is C18H20N4O6. The van der Waals surface area contributed by atoms with Crippen LogP contribution in [0.15, 0.2) is 41.0 Å². The number of nitrogens with one attached hydrogen (secondary N) is 2. The molecule has 2 N–H and O–H groups in total. The van der Waals surface area contributed by atoms with Crippen molar-refractivity contribution in [1.29, 1.82) is 0 Å². The van der Waals surface area contributed by atoms with Gasteiger partial charge in [0.25, 0.3) is 11.6 Å². The van der Waals surface area contributed by atoms with E-state index < -0.39 is 16.7 Å². The number of aryl methyl sites for hydroxylation is 1. The van der Waals surface area contributed by atoms with Gasteiger partial charge in [0.2, 0.25) is 11.8 Å². The molecule has 0 spiro atoms. The van der Waals surface area contributed by atoms with E-state index >= 15 is 0 Å². The van der Waals surface area contributed by atoms with E-state index in [2.05, 4.69) is 10.6 Å². The van der Waals surface area contributed by atoms with Gasteiger partial charge in [0, 0.05) is 24.2 Å². The summed E-state index contributed by atoms with van der Waals surface area (Å²) in [5.41, 5.74) is 0.325. The summed E-state index contributed by atoms with van der Waals surface area (Å²) in [5.74, 6) is -0.898. The summed E-state index contributed by atoms with van der Waals surface area (Å²) in [5, 5.41) is 16.0. The molecular weight excluding hydrogens is 368 g/mol. The molecule has 2 aromatic rings. The van der Waals surface area contributed by atoms with Gasteiger partial charge < -0.3 is 20.0 Å². The third kappa shape index (κ3) is 5.66. The molecule has 0 aliphatic carbocycles. The van der Waals surface area contributed by atoms with Crippen LogP contribution in [0.3, 0.4) is 0 Å². The first-order chi connectivity index (χ1) is 13.3. The number of furan rings is 1. The second-order valence-corrected chi connectivity index (χ2v) is 6.05. The number of hydrogen-bond acceptors (Lipinski definition) is 6. The van der Waals surface area contributed by atoms with Crippen molar-refractivity contribution < 1.29 is 23.7 Å². The molecule has 148 valence electrons. The molecule has 28 heavy (non-hydrogen) atoms. The van der Waals surface area contributed by atoms with Crippen LogP contribution in [-0.2, 0) is 16.1 Å². The van der Waals surface area contributed by atoms with Gasteiger partial charge in [-0.15, -0.1) is 0 Å². The zero-order valence-electron chi connectivity index (χ0n) is 15.4. The minimum atomic E-state index is -0.618. The fourth-order valence-electron chi connectivity index (χ4n) is 2.30. The number of carbonyl (C=O) groups excluding carboxylic acids is 3. The van der Waals surface area contributed by atoms with E-state index in [9.17, 15) is 24.5 Å². The van der Waals surface area contributed by atoms with Crippen molar-refractivity contribution in [2.75, 3.05) is 20.1 Å². The minimum Gasteiger partial charge on any atom is -0.467 e. The monoisotopic (exact) mass is 388 g/mol. The number of hydrogen-bond donors (Lipinski definition) is 2. The Labute approximate surface area is 160 Å². The van der Waals surface area contributed by atoms with Crippen LogP contribution in [-0.4, -0.2) is 47.7 Å². The van der Waals surface area contributed by atoms with E-state index in [1.54, 1.807) is 19.1 Å². The molecule has 0 saturated carbocycles. The molecule has 0 bridgehead atoms. The Hall–Kier alpha value is -3.69. The predicted molar refractivity (Wildman–Crippen MR) is 98.4 cm³/mol. The fourth-order valence-corrected chi connectivity index (χ4v) is 2.30. The quantitative estimate of drug-likeness (QED) is 0.512. The number of rotatable bonds is 8. The standard InChI is InChI=1S/C18H20N4O6/c1-12-5-6-13(8-15(12)22(26)27)18(25)20-10-17(24)21(2)11-16(23)19-9-14-4-3-7-28-14/h3-8H,9-11H2,1-2H3,(H,19,23)(H,20,25). The summed E-state index contributed by atoms with van der Waals surface area (Å²) >= 11 is 0. The van der Waals surface area contributed by atoms with E-state index in [1.807, 2.05) is 0 Å². The Morgan fingerprint density at radius 3 is 2.61 bits per heavy atom. The lowest BCUT2D eigenvalue weighted by molar-refractivity contribution is -0.385. The van der Waals surface area contributed by atoms with Gasteiger partial charge in [0.15, 0.2) is 0 Å². The molecule has 0 radical (unpaired) electrons. The summed E-state index contributed by atoms with van der Waals surface area (Å²) in [6.45, 7) is 1.24. The lowest BCUT2D eigenvalue weighted by Crippen LogP contribution is -2.43. The number of carbonyl (C=O) groups is 3. The summed E-state index contributed by atoms with van der Waals surface area (Å²) in [7, 11) is 1.43. The highest BCUT2D eigenvalue weighted by Crippen LogP contribution is 2.19.